The standard InChI is InChI=1S/C19H19F3N2O5S2/c1-30-11-28-18(25)10-24-14(9-17(23)19(20,21)22)16-7-6-15(29-16)12-4-3-5-13(8-12)31(2,26)27/h3-9,23-24H,10-11H2,1-2H3/b14-9-,23-17?. The quantitative estimate of drug-likeness (QED) is 0.322. The molecule has 0 saturated carbocycles. The summed E-state index contributed by atoms with van der Waals surface area (Å²) >= 11 is 1.25. The lowest BCUT2D eigenvalue weighted by molar-refractivity contribution is -0.140. The van der Waals surface area contributed by atoms with Gasteiger partial charge in [0, 0.05) is 11.8 Å². The topological polar surface area (TPSA) is 109 Å². The molecular formula is C19H19F3N2O5S2. The minimum Gasteiger partial charge on any atom is -0.455 e. The minimum atomic E-state index is -4.90. The van der Waals surface area contributed by atoms with Crippen molar-refractivity contribution in [2.75, 3.05) is 25.0 Å². The second-order valence-electron chi connectivity index (χ2n) is 6.21. The van der Waals surface area contributed by atoms with Crippen molar-refractivity contribution in [3.63, 3.8) is 0 Å². The summed E-state index contributed by atoms with van der Waals surface area (Å²) in [7, 11) is -3.47. The molecule has 0 atom stereocenters. The van der Waals surface area contributed by atoms with Crippen LogP contribution in [0.5, 0.6) is 0 Å². The number of esters is 1. The number of carbonyl (C=O) groups is 1. The number of carbonyl (C=O) groups excluding carboxylic acids is 1. The lowest BCUT2D eigenvalue weighted by atomic mass is 10.2. The molecule has 12 heteroatoms. The Kier molecular flexibility index (Phi) is 7.96. The molecule has 1 aromatic heterocycles. The van der Waals surface area contributed by atoms with Crippen LogP contribution in [0.2, 0.25) is 0 Å². The first-order chi connectivity index (χ1) is 14.4. The maximum Gasteiger partial charge on any atom is 0.432 e. The van der Waals surface area contributed by atoms with Gasteiger partial charge >= 0.3 is 12.1 Å². The van der Waals surface area contributed by atoms with Crippen LogP contribution in [0, 0.1) is 5.41 Å². The number of thioether (sulfide) groups is 1. The molecule has 1 aromatic carbocycles. The van der Waals surface area contributed by atoms with Gasteiger partial charge in [-0.05, 0) is 36.6 Å². The Morgan fingerprint density at radius 2 is 2.00 bits per heavy atom. The fourth-order valence-electron chi connectivity index (χ4n) is 2.30. The highest BCUT2D eigenvalue weighted by atomic mass is 32.2. The number of ether oxygens (including phenoxy) is 1. The van der Waals surface area contributed by atoms with Crippen LogP contribution in [0.3, 0.4) is 0 Å². The Labute approximate surface area is 181 Å². The molecule has 0 amide bonds. The number of sulfone groups is 1. The lowest BCUT2D eigenvalue weighted by Crippen LogP contribution is -2.26. The van der Waals surface area contributed by atoms with E-state index in [1.54, 1.807) is 12.3 Å². The van der Waals surface area contributed by atoms with Crippen molar-refractivity contribution in [1.29, 1.82) is 5.41 Å². The first-order valence-electron chi connectivity index (χ1n) is 8.58. The Morgan fingerprint density at radius 1 is 1.29 bits per heavy atom. The van der Waals surface area contributed by atoms with Crippen LogP contribution in [0.25, 0.3) is 17.0 Å². The van der Waals surface area contributed by atoms with Gasteiger partial charge in [-0.2, -0.15) is 13.2 Å². The molecular weight excluding hydrogens is 457 g/mol. The van der Waals surface area contributed by atoms with Gasteiger partial charge in [0.05, 0.1) is 10.6 Å². The average molecular weight is 476 g/mol. The second-order valence-corrected chi connectivity index (χ2v) is 9.04. The van der Waals surface area contributed by atoms with Crippen molar-refractivity contribution in [3.05, 3.63) is 48.2 Å². The predicted octanol–water partition coefficient (Wildman–Crippen LogP) is 3.73. The van der Waals surface area contributed by atoms with Gasteiger partial charge in [-0.25, -0.2) is 8.42 Å². The van der Waals surface area contributed by atoms with Gasteiger partial charge in [0.15, 0.2) is 15.6 Å². The van der Waals surface area contributed by atoms with Crippen molar-refractivity contribution in [3.8, 4) is 11.3 Å². The van der Waals surface area contributed by atoms with E-state index in [9.17, 15) is 26.4 Å². The van der Waals surface area contributed by atoms with Gasteiger partial charge < -0.3 is 14.5 Å². The highest BCUT2D eigenvalue weighted by Gasteiger charge is 2.33. The van der Waals surface area contributed by atoms with E-state index < -0.39 is 34.2 Å². The highest BCUT2D eigenvalue weighted by Crippen LogP contribution is 2.28. The summed E-state index contributed by atoms with van der Waals surface area (Å²) in [6, 6.07) is 8.63. The van der Waals surface area contributed by atoms with Crippen molar-refractivity contribution >= 4 is 39.0 Å². The third-order valence-corrected chi connectivity index (χ3v) is 5.24. The van der Waals surface area contributed by atoms with E-state index in [-0.39, 0.29) is 28.1 Å². The molecule has 0 aliphatic heterocycles. The fourth-order valence-corrected chi connectivity index (χ4v) is 3.21. The van der Waals surface area contributed by atoms with E-state index in [1.807, 2.05) is 0 Å². The molecule has 0 fully saturated rings. The van der Waals surface area contributed by atoms with Gasteiger partial charge in [-0.3, -0.25) is 10.2 Å². The maximum atomic E-state index is 12.8. The lowest BCUT2D eigenvalue weighted by Gasteiger charge is -2.11. The third-order valence-electron chi connectivity index (χ3n) is 3.77. The SMILES string of the molecule is CSCOC(=O)CN/C(=C\C(=N)C(F)(F)F)c1ccc(-c2cccc(S(C)(=O)=O)c2)o1. The van der Waals surface area contributed by atoms with Crippen LogP contribution < -0.4 is 5.32 Å². The summed E-state index contributed by atoms with van der Waals surface area (Å²) in [6.45, 7) is -0.447. The number of halogens is 3. The van der Waals surface area contributed by atoms with Crippen LogP contribution in [0.1, 0.15) is 5.76 Å². The van der Waals surface area contributed by atoms with E-state index in [0.717, 1.165) is 6.26 Å². The van der Waals surface area contributed by atoms with Crippen molar-refractivity contribution in [2.24, 2.45) is 0 Å². The van der Waals surface area contributed by atoms with Gasteiger partial charge in [0.1, 0.15) is 24.0 Å². The molecule has 2 N–H and O–H groups in total. The van der Waals surface area contributed by atoms with Gasteiger partial charge in [0.25, 0.3) is 0 Å². The summed E-state index contributed by atoms with van der Waals surface area (Å²) < 4.78 is 72.4. The normalized spacial score (nSPS) is 12.5. The summed E-state index contributed by atoms with van der Waals surface area (Å²) in [5, 5.41) is 9.71. The molecule has 0 unspecified atom stereocenters. The Bertz CT molecular complexity index is 1090. The molecule has 2 rings (SSSR count). The van der Waals surface area contributed by atoms with Gasteiger partial charge in [-0.1, -0.05) is 12.1 Å². The zero-order chi connectivity index (χ0) is 23.2. The van der Waals surface area contributed by atoms with Crippen molar-refractivity contribution < 1.29 is 35.5 Å². The highest BCUT2D eigenvalue weighted by molar-refractivity contribution is 7.98. The number of nitrogens with one attached hydrogen (secondary N) is 2. The van der Waals surface area contributed by atoms with Crippen LogP contribution in [0.4, 0.5) is 13.2 Å². The number of hydrogen-bond donors (Lipinski definition) is 2. The maximum absolute atomic E-state index is 12.8. The molecule has 1 heterocycles. The first-order valence-corrected chi connectivity index (χ1v) is 11.9. The monoisotopic (exact) mass is 476 g/mol. The van der Waals surface area contributed by atoms with E-state index >= 15 is 0 Å². The van der Waals surface area contributed by atoms with E-state index in [2.05, 4.69) is 5.32 Å². The van der Waals surface area contributed by atoms with Crippen LogP contribution >= 0.6 is 11.8 Å². The number of rotatable bonds is 9. The molecule has 0 aliphatic carbocycles. The van der Waals surface area contributed by atoms with E-state index in [4.69, 9.17) is 14.6 Å². The Balaban J connectivity index is 2.35. The second kappa shape index (κ2) is 10.1. The molecule has 0 saturated heterocycles. The van der Waals surface area contributed by atoms with Gasteiger partial charge in [-0.15, -0.1) is 11.8 Å². The average Bonchev–Trinajstić information content (AvgIpc) is 3.18. The summed E-state index contributed by atoms with van der Waals surface area (Å²) in [5.41, 5.74) is -1.52. The number of hydrogen-bond acceptors (Lipinski definition) is 8. The van der Waals surface area contributed by atoms with Crippen LogP contribution in [-0.4, -0.2) is 51.3 Å². The molecule has 0 radical (unpaired) electrons. The third kappa shape index (κ3) is 7.17. The minimum absolute atomic E-state index is 0.0484. The molecule has 0 aliphatic rings. The van der Waals surface area contributed by atoms with E-state index in [0.29, 0.717) is 11.6 Å². The number of allylic oxidation sites excluding steroid dienone is 1. The molecule has 0 spiro atoms. The number of benzene rings is 1. The largest absolute Gasteiger partial charge is 0.455 e. The molecule has 2 aromatic rings. The molecule has 31 heavy (non-hydrogen) atoms. The molecule has 0 bridgehead atoms. The van der Waals surface area contributed by atoms with E-state index in [1.165, 1.54) is 42.1 Å². The number of furan rings is 1. The Morgan fingerprint density at radius 3 is 2.61 bits per heavy atom. The zero-order valence-corrected chi connectivity index (χ0v) is 18.1. The smallest absolute Gasteiger partial charge is 0.432 e. The van der Waals surface area contributed by atoms with Gasteiger partial charge in [0.2, 0.25) is 0 Å². The van der Waals surface area contributed by atoms with Crippen LogP contribution in [0.15, 0.2) is 51.8 Å². The van der Waals surface area contributed by atoms with Crippen LogP contribution in [-0.2, 0) is 19.4 Å². The summed E-state index contributed by atoms with van der Waals surface area (Å²) in [6.07, 6.45) is -1.65. The summed E-state index contributed by atoms with van der Waals surface area (Å²) in [4.78, 5) is 11.7. The predicted molar refractivity (Wildman–Crippen MR) is 111 cm³/mol. The fraction of sp³-hybridized carbons (Fsp3) is 0.263. The zero-order valence-electron chi connectivity index (χ0n) is 16.4. The first kappa shape index (κ1) is 24.5. The Hall–Kier alpha value is -2.73. The molecule has 7 nitrogen and oxygen atoms in total. The van der Waals surface area contributed by atoms with Crippen molar-refractivity contribution in [1.82, 2.24) is 5.32 Å². The number of alkyl halides is 3. The summed E-state index contributed by atoms with van der Waals surface area (Å²) in [5.74, 6) is -0.506. The van der Waals surface area contributed by atoms with Crippen molar-refractivity contribution in [2.45, 2.75) is 11.1 Å². The molecule has 168 valence electrons.